The molecule has 0 radical (unpaired) electrons. The molecule has 4 heterocycles. The van der Waals surface area contributed by atoms with Gasteiger partial charge >= 0.3 is 0 Å². The minimum absolute atomic E-state index is 0.158. The number of carbonyl (C=O) groups excluding carboxylic acids is 1. The smallest absolute Gasteiger partial charge is 0.243 e. The molecule has 2 aliphatic heterocycles. The highest BCUT2D eigenvalue weighted by Gasteiger charge is 2.30. The zero-order chi connectivity index (χ0) is 28.2. The van der Waals surface area contributed by atoms with Crippen molar-refractivity contribution in [3.63, 3.8) is 0 Å². The van der Waals surface area contributed by atoms with Gasteiger partial charge in [-0.1, -0.05) is 29.8 Å². The second-order valence-electron chi connectivity index (χ2n) is 9.57. The number of fused-ring (bicyclic) bond motifs is 1. The van der Waals surface area contributed by atoms with Crippen LogP contribution in [0.15, 0.2) is 37.1 Å². The van der Waals surface area contributed by atoms with Crippen molar-refractivity contribution < 1.29 is 23.7 Å². The van der Waals surface area contributed by atoms with E-state index < -0.39 is 0 Å². The largest absolute Gasteiger partial charge is 0.495 e. The molecular formula is C28H31Cl2N5O5. The number of nitrogens with one attached hydrogen (secondary N) is 3. The van der Waals surface area contributed by atoms with E-state index in [1.165, 1.54) is 20.3 Å². The van der Waals surface area contributed by atoms with E-state index in [-0.39, 0.29) is 24.0 Å². The van der Waals surface area contributed by atoms with Crippen LogP contribution >= 0.6 is 23.2 Å². The van der Waals surface area contributed by atoms with Crippen LogP contribution in [0.3, 0.4) is 0 Å². The van der Waals surface area contributed by atoms with Gasteiger partial charge < -0.3 is 34.9 Å². The van der Waals surface area contributed by atoms with Gasteiger partial charge in [0.15, 0.2) is 0 Å². The zero-order valence-corrected chi connectivity index (χ0v) is 23.8. The molecule has 1 aromatic carbocycles. The van der Waals surface area contributed by atoms with Crippen molar-refractivity contribution in [1.29, 1.82) is 0 Å². The lowest BCUT2D eigenvalue weighted by molar-refractivity contribution is -0.117. The van der Waals surface area contributed by atoms with Crippen LogP contribution in [0.1, 0.15) is 12.8 Å². The van der Waals surface area contributed by atoms with Crippen molar-refractivity contribution in [1.82, 2.24) is 15.3 Å². The van der Waals surface area contributed by atoms with Crippen LogP contribution in [0.25, 0.3) is 22.0 Å². The number of methoxy groups -OCH3 is 2. The van der Waals surface area contributed by atoms with Crippen LogP contribution in [0.5, 0.6) is 11.5 Å². The highest BCUT2D eigenvalue weighted by molar-refractivity contribution is 6.41. The number of nitrogens with zero attached hydrogens (tertiary/aromatic N) is 2. The fourth-order valence-corrected chi connectivity index (χ4v) is 5.57. The third-order valence-corrected chi connectivity index (χ3v) is 7.78. The number of hydrogen-bond acceptors (Lipinski definition) is 9. The van der Waals surface area contributed by atoms with E-state index in [9.17, 15) is 4.79 Å². The standard InChI is InChI=1S/C28H31Cl2N5O5/c1-4-24(36)34-20-14-40-13-19(20)33-23-10-17-15(12-31-23)9-18(35-28(17)32-16-5-7-39-8-6-16)25-26(29)21(37-2)11-22(38-3)27(25)30/h4,9-12,16,19-20H,1,5-8,13-14H2,2-3H3,(H,31,33)(H,32,35)(H,34,36)/t19?,20-/m0/s1. The van der Waals surface area contributed by atoms with Crippen molar-refractivity contribution in [2.45, 2.75) is 31.0 Å². The molecule has 10 nitrogen and oxygen atoms in total. The lowest BCUT2D eigenvalue weighted by Gasteiger charge is -2.25. The topological polar surface area (TPSA) is 116 Å². The molecule has 1 unspecified atom stereocenters. The Labute approximate surface area is 242 Å². The molecule has 40 heavy (non-hydrogen) atoms. The fraction of sp³-hybridized carbons (Fsp3) is 0.393. The van der Waals surface area contributed by atoms with E-state index in [0.717, 1.165) is 23.6 Å². The lowest BCUT2D eigenvalue weighted by Crippen LogP contribution is -2.45. The number of halogens is 2. The Morgan fingerprint density at radius 1 is 1.02 bits per heavy atom. The van der Waals surface area contributed by atoms with E-state index >= 15 is 0 Å². The van der Waals surface area contributed by atoms with Gasteiger partial charge in [0.05, 0.1) is 55.3 Å². The summed E-state index contributed by atoms with van der Waals surface area (Å²) in [6.45, 7) is 5.71. The molecule has 2 atom stereocenters. The number of amides is 1. The highest BCUT2D eigenvalue weighted by atomic mass is 35.5. The van der Waals surface area contributed by atoms with E-state index in [0.29, 0.717) is 70.9 Å². The molecule has 212 valence electrons. The Balaban J connectivity index is 1.56. The second kappa shape index (κ2) is 12.5. The molecule has 2 aromatic heterocycles. The molecular weight excluding hydrogens is 557 g/mol. The van der Waals surface area contributed by atoms with Gasteiger partial charge in [-0.15, -0.1) is 0 Å². The Hall–Kier alpha value is -3.31. The average Bonchev–Trinajstić information content (AvgIpc) is 3.40. The van der Waals surface area contributed by atoms with Gasteiger partial charge in [0.25, 0.3) is 0 Å². The van der Waals surface area contributed by atoms with Crippen LogP contribution in [0, 0.1) is 0 Å². The minimum atomic E-state index is -0.250. The third-order valence-electron chi connectivity index (χ3n) is 7.03. The van der Waals surface area contributed by atoms with Crippen molar-refractivity contribution >= 4 is 51.5 Å². The number of hydrogen-bond donors (Lipinski definition) is 3. The van der Waals surface area contributed by atoms with Crippen molar-refractivity contribution in [3.8, 4) is 22.8 Å². The Morgan fingerprint density at radius 2 is 1.73 bits per heavy atom. The maximum Gasteiger partial charge on any atom is 0.243 e. The van der Waals surface area contributed by atoms with Gasteiger partial charge in [-0.05, 0) is 31.1 Å². The average molecular weight is 588 g/mol. The molecule has 0 saturated carbocycles. The quantitative estimate of drug-likeness (QED) is 0.306. The molecule has 3 aromatic rings. The van der Waals surface area contributed by atoms with Crippen LogP contribution < -0.4 is 25.4 Å². The van der Waals surface area contributed by atoms with E-state index in [1.807, 2.05) is 12.1 Å². The van der Waals surface area contributed by atoms with E-state index in [4.69, 9.17) is 47.1 Å². The molecule has 2 fully saturated rings. The maximum atomic E-state index is 11.9. The van der Waals surface area contributed by atoms with E-state index in [1.54, 1.807) is 12.3 Å². The van der Waals surface area contributed by atoms with Gasteiger partial charge in [-0.2, -0.15) is 0 Å². The summed E-state index contributed by atoms with van der Waals surface area (Å²) in [6.07, 6.45) is 4.71. The summed E-state index contributed by atoms with van der Waals surface area (Å²) in [5.41, 5.74) is 1.05. The van der Waals surface area contributed by atoms with Gasteiger partial charge in [0, 0.05) is 47.9 Å². The SMILES string of the molecule is C=CC(=O)N[C@H]1COCC1Nc1cc2c(NC3CCOCC3)nc(-c3c(Cl)c(OC)cc(OC)c3Cl)cc2cn1. The number of carbonyl (C=O) groups is 1. The molecule has 0 bridgehead atoms. The van der Waals surface area contributed by atoms with E-state index in [2.05, 4.69) is 27.5 Å². The van der Waals surface area contributed by atoms with Crippen LogP contribution in [0.2, 0.25) is 10.0 Å². The lowest BCUT2D eigenvalue weighted by atomic mass is 10.1. The third kappa shape index (κ3) is 5.90. The predicted molar refractivity (Wildman–Crippen MR) is 156 cm³/mol. The minimum Gasteiger partial charge on any atom is -0.495 e. The molecule has 0 aliphatic carbocycles. The predicted octanol–water partition coefficient (Wildman–Crippen LogP) is 4.69. The van der Waals surface area contributed by atoms with Gasteiger partial charge in [0.1, 0.15) is 23.1 Å². The summed E-state index contributed by atoms with van der Waals surface area (Å²) < 4.78 is 22.1. The molecule has 2 aliphatic rings. The summed E-state index contributed by atoms with van der Waals surface area (Å²) in [6, 6.07) is 5.28. The molecule has 5 rings (SSSR count). The van der Waals surface area contributed by atoms with Crippen molar-refractivity contribution in [2.75, 3.05) is 51.3 Å². The summed E-state index contributed by atoms with van der Waals surface area (Å²) in [5.74, 6) is 1.89. The molecule has 3 N–H and O–H groups in total. The summed E-state index contributed by atoms with van der Waals surface area (Å²) >= 11 is 13.5. The maximum absolute atomic E-state index is 11.9. The number of pyridine rings is 2. The van der Waals surface area contributed by atoms with Gasteiger partial charge in [-0.25, -0.2) is 9.97 Å². The first-order valence-electron chi connectivity index (χ1n) is 12.9. The monoisotopic (exact) mass is 587 g/mol. The fourth-order valence-electron chi connectivity index (χ4n) is 4.88. The number of aromatic nitrogens is 2. The highest BCUT2D eigenvalue weighted by Crippen LogP contribution is 2.46. The first kappa shape index (κ1) is 28.2. The number of benzene rings is 1. The first-order valence-corrected chi connectivity index (χ1v) is 13.7. The first-order chi connectivity index (χ1) is 19.4. The molecule has 2 saturated heterocycles. The Morgan fingerprint density at radius 3 is 2.40 bits per heavy atom. The summed E-state index contributed by atoms with van der Waals surface area (Å²) in [7, 11) is 3.07. The normalized spacial score (nSPS) is 19.3. The van der Waals surface area contributed by atoms with Crippen LogP contribution in [-0.4, -0.2) is 74.6 Å². The summed E-state index contributed by atoms with van der Waals surface area (Å²) in [5, 5.41) is 12.3. The zero-order valence-electron chi connectivity index (χ0n) is 22.3. The van der Waals surface area contributed by atoms with Crippen LogP contribution in [0.4, 0.5) is 11.6 Å². The number of rotatable bonds is 9. The number of ether oxygens (including phenoxy) is 4. The van der Waals surface area contributed by atoms with Crippen LogP contribution in [-0.2, 0) is 14.3 Å². The van der Waals surface area contributed by atoms with Crippen molar-refractivity contribution in [3.05, 3.63) is 47.1 Å². The Bertz CT molecular complexity index is 1390. The van der Waals surface area contributed by atoms with Gasteiger partial charge in [-0.3, -0.25) is 4.79 Å². The van der Waals surface area contributed by atoms with Crippen molar-refractivity contribution in [2.24, 2.45) is 0 Å². The Kier molecular flexibility index (Phi) is 8.80. The number of anilines is 2. The second-order valence-corrected chi connectivity index (χ2v) is 10.3. The molecule has 12 heteroatoms. The summed E-state index contributed by atoms with van der Waals surface area (Å²) in [4.78, 5) is 21.5. The van der Waals surface area contributed by atoms with Gasteiger partial charge in [0.2, 0.25) is 5.91 Å². The molecule has 0 spiro atoms. The molecule has 1 amide bonds.